The standard InChI is InChI=1S/C11H14N2O3S.BrH/c1-5(2)12-7-9(14)13-8(11(15)16)6(3)4-17-10(7)13;/h7,10H,4H2,1-3H3,(H,15,16);1H/t7?,10-;/m0./s1. The molecule has 2 rings (SSSR count). The van der Waals surface area contributed by atoms with E-state index in [0.717, 1.165) is 11.3 Å². The second-order valence-electron chi connectivity index (χ2n) is 4.37. The minimum absolute atomic E-state index is 0. The molecule has 0 aromatic rings. The molecule has 2 aliphatic rings. The number of amides is 1. The Morgan fingerprint density at radius 1 is 1.50 bits per heavy atom. The van der Waals surface area contributed by atoms with Crippen molar-refractivity contribution in [1.82, 2.24) is 4.90 Å². The number of aliphatic imine (C=N–C) groups is 1. The molecule has 1 fully saturated rings. The van der Waals surface area contributed by atoms with Gasteiger partial charge in [0.25, 0.3) is 5.91 Å². The van der Waals surface area contributed by atoms with Crippen LogP contribution in [-0.2, 0) is 9.59 Å². The van der Waals surface area contributed by atoms with Crippen molar-refractivity contribution in [2.45, 2.75) is 32.2 Å². The molecule has 0 aromatic heterocycles. The van der Waals surface area contributed by atoms with Gasteiger partial charge in [0.05, 0.1) is 0 Å². The molecule has 0 aromatic carbocycles. The quantitative estimate of drug-likeness (QED) is 0.616. The number of thioether (sulfide) groups is 1. The van der Waals surface area contributed by atoms with Gasteiger partial charge < -0.3 is 5.11 Å². The number of carbonyl (C=O) groups excluding carboxylic acids is 1. The van der Waals surface area contributed by atoms with E-state index in [9.17, 15) is 9.59 Å². The van der Waals surface area contributed by atoms with Gasteiger partial charge in [-0.3, -0.25) is 14.7 Å². The summed E-state index contributed by atoms with van der Waals surface area (Å²) in [5, 5.41) is 8.97. The third kappa shape index (κ3) is 2.33. The summed E-state index contributed by atoms with van der Waals surface area (Å²) >= 11 is 1.57. The van der Waals surface area contributed by atoms with Gasteiger partial charge in [0, 0.05) is 11.5 Å². The molecule has 0 spiro atoms. The van der Waals surface area contributed by atoms with Crippen LogP contribution in [0.3, 0.4) is 0 Å². The van der Waals surface area contributed by atoms with Crippen LogP contribution in [0.4, 0.5) is 0 Å². The highest BCUT2D eigenvalue weighted by atomic mass is 79.9. The number of β-lactam (4-membered cyclic amide) rings is 1. The molecule has 1 saturated heterocycles. The fourth-order valence-corrected chi connectivity index (χ4v) is 3.29. The molecule has 1 N–H and O–H groups in total. The number of fused-ring (bicyclic) bond motifs is 1. The molecule has 2 aliphatic heterocycles. The molecule has 0 bridgehead atoms. The Labute approximate surface area is 120 Å². The van der Waals surface area contributed by atoms with Crippen LogP contribution in [0.15, 0.2) is 16.3 Å². The largest absolute Gasteiger partial charge is 0.477 e. The molecule has 100 valence electrons. The molecular weight excluding hydrogens is 320 g/mol. The molecule has 0 saturated carbocycles. The fourth-order valence-electron chi connectivity index (χ4n) is 2.02. The minimum Gasteiger partial charge on any atom is -0.477 e. The SMILES string of the molecule is Br.CC(C)=NC1C(=O)N2C(C(=O)O)=C(C)CS[C@@H]12. The predicted octanol–water partition coefficient (Wildman–Crippen LogP) is 1.69. The third-order valence-corrected chi connectivity index (χ3v) is 4.14. The van der Waals surface area contributed by atoms with E-state index in [1.807, 2.05) is 13.8 Å². The number of hydrogen-bond acceptors (Lipinski definition) is 4. The molecule has 0 aliphatic carbocycles. The summed E-state index contributed by atoms with van der Waals surface area (Å²) < 4.78 is 0. The number of carboxylic acid groups (broad SMARTS) is 1. The maximum absolute atomic E-state index is 11.9. The second-order valence-corrected chi connectivity index (χ2v) is 5.47. The first kappa shape index (κ1) is 15.2. The molecule has 5 nitrogen and oxygen atoms in total. The van der Waals surface area contributed by atoms with E-state index in [1.54, 1.807) is 18.7 Å². The Bertz CT molecular complexity index is 457. The van der Waals surface area contributed by atoms with Gasteiger partial charge in [0.15, 0.2) is 6.04 Å². The average molecular weight is 335 g/mol. The molecule has 2 heterocycles. The van der Waals surface area contributed by atoms with Crippen molar-refractivity contribution in [2.24, 2.45) is 4.99 Å². The van der Waals surface area contributed by atoms with Gasteiger partial charge in [-0.1, -0.05) is 0 Å². The van der Waals surface area contributed by atoms with E-state index in [0.29, 0.717) is 5.75 Å². The summed E-state index contributed by atoms with van der Waals surface area (Å²) in [6.45, 7) is 5.42. The normalized spacial score (nSPS) is 25.9. The Hall–Kier alpha value is -0.820. The van der Waals surface area contributed by atoms with Crippen LogP contribution < -0.4 is 0 Å². The van der Waals surface area contributed by atoms with Crippen molar-refractivity contribution in [3.8, 4) is 0 Å². The summed E-state index contributed by atoms with van der Waals surface area (Å²) in [5.74, 6) is -0.595. The lowest BCUT2D eigenvalue weighted by Crippen LogP contribution is -2.64. The Morgan fingerprint density at radius 3 is 2.61 bits per heavy atom. The molecule has 1 amide bonds. The first-order valence-electron chi connectivity index (χ1n) is 5.32. The first-order valence-corrected chi connectivity index (χ1v) is 6.37. The minimum atomic E-state index is -1.03. The second kappa shape index (κ2) is 5.44. The molecular formula is C11H15BrN2O3S. The fraction of sp³-hybridized carbons (Fsp3) is 0.545. The Morgan fingerprint density at radius 2 is 2.11 bits per heavy atom. The highest BCUT2D eigenvalue weighted by Gasteiger charge is 2.53. The zero-order valence-electron chi connectivity index (χ0n) is 10.3. The zero-order chi connectivity index (χ0) is 12.7. The van der Waals surface area contributed by atoms with E-state index in [1.165, 1.54) is 4.90 Å². The van der Waals surface area contributed by atoms with Gasteiger partial charge in [-0.15, -0.1) is 28.7 Å². The van der Waals surface area contributed by atoms with Crippen molar-refractivity contribution in [3.63, 3.8) is 0 Å². The Kier molecular flexibility index (Phi) is 4.61. The molecule has 1 unspecified atom stereocenters. The smallest absolute Gasteiger partial charge is 0.352 e. The van der Waals surface area contributed by atoms with Gasteiger partial charge >= 0.3 is 5.97 Å². The predicted molar refractivity (Wildman–Crippen MR) is 76.3 cm³/mol. The Balaban J connectivity index is 0.00000162. The number of rotatable bonds is 2. The lowest BCUT2D eigenvalue weighted by molar-refractivity contribution is -0.147. The van der Waals surface area contributed by atoms with Gasteiger partial charge in [0.2, 0.25) is 0 Å². The number of carbonyl (C=O) groups is 2. The van der Waals surface area contributed by atoms with Crippen molar-refractivity contribution >= 4 is 46.3 Å². The van der Waals surface area contributed by atoms with Crippen molar-refractivity contribution < 1.29 is 14.7 Å². The monoisotopic (exact) mass is 334 g/mol. The van der Waals surface area contributed by atoms with Crippen LogP contribution in [0.25, 0.3) is 0 Å². The molecule has 18 heavy (non-hydrogen) atoms. The summed E-state index contributed by atoms with van der Waals surface area (Å²) in [5.41, 5.74) is 1.72. The van der Waals surface area contributed by atoms with Crippen LogP contribution in [0, 0.1) is 0 Å². The summed E-state index contributed by atoms with van der Waals surface area (Å²) in [7, 11) is 0. The summed E-state index contributed by atoms with van der Waals surface area (Å²) in [6.07, 6.45) is 0. The van der Waals surface area contributed by atoms with E-state index >= 15 is 0 Å². The van der Waals surface area contributed by atoms with E-state index < -0.39 is 12.0 Å². The van der Waals surface area contributed by atoms with Gasteiger partial charge in [0.1, 0.15) is 11.1 Å². The highest BCUT2D eigenvalue weighted by molar-refractivity contribution is 8.93. The van der Waals surface area contributed by atoms with E-state index in [-0.39, 0.29) is 34.0 Å². The topological polar surface area (TPSA) is 70.0 Å². The molecule has 2 atom stereocenters. The number of aliphatic carboxylic acids is 1. The van der Waals surface area contributed by atoms with Crippen molar-refractivity contribution in [1.29, 1.82) is 0 Å². The molecule has 7 heteroatoms. The van der Waals surface area contributed by atoms with Crippen LogP contribution in [0.1, 0.15) is 20.8 Å². The third-order valence-electron chi connectivity index (χ3n) is 2.73. The number of halogens is 1. The van der Waals surface area contributed by atoms with E-state index in [4.69, 9.17) is 5.11 Å². The lowest BCUT2D eigenvalue weighted by Gasteiger charge is -2.47. The maximum Gasteiger partial charge on any atom is 0.352 e. The summed E-state index contributed by atoms with van der Waals surface area (Å²) in [4.78, 5) is 28.7. The average Bonchev–Trinajstić information content (AvgIpc) is 2.24. The van der Waals surface area contributed by atoms with Crippen LogP contribution in [0.5, 0.6) is 0 Å². The number of hydrogen-bond donors (Lipinski definition) is 1. The first-order chi connectivity index (χ1) is 7.93. The lowest BCUT2D eigenvalue weighted by atomic mass is 10.0. The van der Waals surface area contributed by atoms with Gasteiger partial charge in [-0.05, 0) is 26.3 Å². The summed E-state index contributed by atoms with van der Waals surface area (Å²) in [6, 6.07) is -0.410. The van der Waals surface area contributed by atoms with Crippen LogP contribution in [-0.4, -0.2) is 44.8 Å². The number of carboxylic acids is 1. The van der Waals surface area contributed by atoms with Crippen molar-refractivity contribution in [3.05, 3.63) is 11.3 Å². The maximum atomic E-state index is 11.9. The van der Waals surface area contributed by atoms with E-state index in [2.05, 4.69) is 4.99 Å². The molecule has 0 radical (unpaired) electrons. The highest BCUT2D eigenvalue weighted by Crippen LogP contribution is 2.41. The van der Waals surface area contributed by atoms with Gasteiger partial charge in [-0.2, -0.15) is 0 Å². The number of nitrogens with zero attached hydrogens (tertiary/aromatic N) is 2. The van der Waals surface area contributed by atoms with Crippen molar-refractivity contribution in [2.75, 3.05) is 5.75 Å². The zero-order valence-corrected chi connectivity index (χ0v) is 12.9. The van der Waals surface area contributed by atoms with Crippen LogP contribution in [0.2, 0.25) is 0 Å². The van der Waals surface area contributed by atoms with Gasteiger partial charge in [-0.25, -0.2) is 4.79 Å². The van der Waals surface area contributed by atoms with Crippen LogP contribution >= 0.6 is 28.7 Å².